The van der Waals surface area contributed by atoms with E-state index in [4.69, 9.17) is 19.4 Å². The Morgan fingerprint density at radius 3 is 1.59 bits per heavy atom. The molecule has 0 saturated carbocycles. The second kappa shape index (κ2) is 10.1. The van der Waals surface area contributed by atoms with Crippen LogP contribution in [-0.2, 0) is 5.41 Å². The third-order valence-corrected chi connectivity index (χ3v) is 9.35. The molecular formula is C42H29N3O. The van der Waals surface area contributed by atoms with Crippen LogP contribution in [0.1, 0.15) is 25.0 Å². The Balaban J connectivity index is 1.21. The summed E-state index contributed by atoms with van der Waals surface area (Å²) >= 11 is 0. The van der Waals surface area contributed by atoms with Gasteiger partial charge in [-0.15, -0.1) is 0 Å². The highest BCUT2D eigenvalue weighted by atomic mass is 16.3. The Labute approximate surface area is 267 Å². The number of hydrogen-bond donors (Lipinski definition) is 0. The lowest BCUT2D eigenvalue weighted by Gasteiger charge is -2.21. The van der Waals surface area contributed by atoms with E-state index in [-0.39, 0.29) is 5.41 Å². The molecule has 8 aromatic rings. The number of rotatable bonds is 4. The quantitative estimate of drug-likeness (QED) is 0.204. The van der Waals surface area contributed by atoms with E-state index < -0.39 is 0 Å². The molecule has 4 nitrogen and oxygen atoms in total. The van der Waals surface area contributed by atoms with Crippen LogP contribution < -0.4 is 0 Å². The van der Waals surface area contributed by atoms with Crippen molar-refractivity contribution < 1.29 is 4.42 Å². The molecule has 1 aliphatic carbocycles. The van der Waals surface area contributed by atoms with E-state index in [1.165, 1.54) is 33.4 Å². The predicted octanol–water partition coefficient (Wildman–Crippen LogP) is 10.7. The first kappa shape index (κ1) is 26.5. The maximum Gasteiger partial charge on any atom is 0.164 e. The summed E-state index contributed by atoms with van der Waals surface area (Å²) in [5.41, 5.74) is 12.2. The highest BCUT2D eigenvalue weighted by Gasteiger charge is 2.36. The first-order valence-electron chi connectivity index (χ1n) is 15.6. The van der Waals surface area contributed by atoms with E-state index in [0.717, 1.165) is 38.6 Å². The van der Waals surface area contributed by atoms with Crippen molar-refractivity contribution in [3.8, 4) is 56.4 Å². The normalized spacial score (nSPS) is 13.2. The average molecular weight is 592 g/mol. The predicted molar refractivity (Wildman–Crippen MR) is 186 cm³/mol. The summed E-state index contributed by atoms with van der Waals surface area (Å²) in [5, 5.41) is 2.10. The van der Waals surface area contributed by atoms with Crippen molar-refractivity contribution in [1.29, 1.82) is 0 Å². The summed E-state index contributed by atoms with van der Waals surface area (Å²) < 4.78 is 6.35. The molecule has 0 amide bonds. The van der Waals surface area contributed by atoms with Gasteiger partial charge in [-0.3, -0.25) is 0 Å². The molecule has 0 saturated heterocycles. The lowest BCUT2D eigenvalue weighted by atomic mass is 9.82. The van der Waals surface area contributed by atoms with Crippen molar-refractivity contribution in [3.63, 3.8) is 0 Å². The molecule has 1 aliphatic rings. The van der Waals surface area contributed by atoms with Crippen molar-refractivity contribution >= 4 is 21.9 Å². The van der Waals surface area contributed by atoms with Crippen LogP contribution in [0.5, 0.6) is 0 Å². The summed E-state index contributed by atoms with van der Waals surface area (Å²) in [6.45, 7) is 4.65. The van der Waals surface area contributed by atoms with Crippen LogP contribution in [0, 0.1) is 0 Å². The van der Waals surface area contributed by atoms with E-state index in [2.05, 4.69) is 80.6 Å². The number of nitrogens with zero attached hydrogens (tertiary/aromatic N) is 3. The summed E-state index contributed by atoms with van der Waals surface area (Å²) in [4.78, 5) is 14.8. The molecule has 0 unspecified atom stereocenters. The summed E-state index contributed by atoms with van der Waals surface area (Å²) in [6.07, 6.45) is 0. The van der Waals surface area contributed by atoms with Crippen molar-refractivity contribution in [2.75, 3.05) is 0 Å². The first-order chi connectivity index (χ1) is 22.5. The van der Waals surface area contributed by atoms with E-state index >= 15 is 0 Å². The van der Waals surface area contributed by atoms with E-state index in [1.54, 1.807) is 0 Å². The first-order valence-corrected chi connectivity index (χ1v) is 15.6. The SMILES string of the molecule is CC1(C)c2ccccc2-c2c(-c3ccc4oc5ccc(-c6nc(-c7ccccc7)nc(-c7ccccc7)n6)cc5c4c3)cccc21. The second-order valence-corrected chi connectivity index (χ2v) is 12.5. The molecule has 0 radical (unpaired) electrons. The summed E-state index contributed by atoms with van der Waals surface area (Å²) in [7, 11) is 0. The van der Waals surface area contributed by atoms with Gasteiger partial charge in [0.1, 0.15) is 11.2 Å². The standard InChI is InChI=1S/C42H29N3O/c1-42(2)34-18-10-9-16-31(34)38-30(17-11-19-35(38)42)28-20-22-36-32(24-28)33-25-29(21-23-37(33)46-36)41-44-39(26-12-5-3-6-13-26)43-40(45-41)27-14-7-4-8-15-27/h3-25H,1-2H3. The fourth-order valence-electron chi connectivity index (χ4n) is 7.02. The molecule has 0 spiro atoms. The van der Waals surface area contributed by atoms with Gasteiger partial charge in [-0.2, -0.15) is 0 Å². The molecule has 0 fully saturated rings. The highest BCUT2D eigenvalue weighted by molar-refractivity contribution is 6.08. The van der Waals surface area contributed by atoms with E-state index in [9.17, 15) is 0 Å². The van der Waals surface area contributed by atoms with E-state index in [0.29, 0.717) is 17.5 Å². The largest absolute Gasteiger partial charge is 0.456 e. The molecule has 4 heteroatoms. The van der Waals surface area contributed by atoms with Crippen molar-refractivity contribution in [1.82, 2.24) is 15.0 Å². The smallest absolute Gasteiger partial charge is 0.164 e. The molecule has 0 N–H and O–H groups in total. The minimum atomic E-state index is -0.0506. The Morgan fingerprint density at radius 1 is 0.435 bits per heavy atom. The zero-order valence-electron chi connectivity index (χ0n) is 25.5. The maximum absolute atomic E-state index is 6.35. The van der Waals surface area contributed by atoms with Gasteiger partial charge in [0.05, 0.1) is 0 Å². The molecular weight excluding hydrogens is 562 g/mol. The van der Waals surface area contributed by atoms with Crippen molar-refractivity contribution in [3.05, 3.63) is 151 Å². The van der Waals surface area contributed by atoms with Crippen LogP contribution in [0.25, 0.3) is 78.4 Å². The summed E-state index contributed by atoms with van der Waals surface area (Å²) in [6, 6.07) is 48.4. The highest BCUT2D eigenvalue weighted by Crippen LogP contribution is 2.52. The third-order valence-electron chi connectivity index (χ3n) is 9.35. The van der Waals surface area contributed by atoms with Gasteiger partial charge >= 0.3 is 0 Å². The zero-order chi connectivity index (χ0) is 30.8. The lowest BCUT2D eigenvalue weighted by molar-refractivity contribution is 0.660. The number of hydrogen-bond acceptors (Lipinski definition) is 4. The van der Waals surface area contributed by atoms with Crippen LogP contribution in [0.4, 0.5) is 0 Å². The molecule has 218 valence electrons. The van der Waals surface area contributed by atoms with Crippen molar-refractivity contribution in [2.24, 2.45) is 0 Å². The molecule has 6 aromatic carbocycles. The van der Waals surface area contributed by atoms with Gasteiger partial charge < -0.3 is 4.42 Å². The second-order valence-electron chi connectivity index (χ2n) is 12.5. The lowest BCUT2D eigenvalue weighted by Crippen LogP contribution is -2.14. The number of furan rings is 1. The molecule has 0 bridgehead atoms. The van der Waals surface area contributed by atoms with Crippen molar-refractivity contribution in [2.45, 2.75) is 19.3 Å². The van der Waals surface area contributed by atoms with Crippen LogP contribution in [-0.4, -0.2) is 15.0 Å². The maximum atomic E-state index is 6.35. The Kier molecular flexibility index (Phi) is 5.81. The van der Waals surface area contributed by atoms with Crippen LogP contribution >= 0.6 is 0 Å². The van der Waals surface area contributed by atoms with Gasteiger partial charge in [0, 0.05) is 32.9 Å². The average Bonchev–Trinajstić information content (AvgIpc) is 3.60. The molecule has 0 atom stereocenters. The Bertz CT molecular complexity index is 2380. The van der Waals surface area contributed by atoms with Crippen LogP contribution in [0.2, 0.25) is 0 Å². The minimum absolute atomic E-state index is 0.0506. The third kappa shape index (κ3) is 4.11. The van der Waals surface area contributed by atoms with Gasteiger partial charge in [-0.25, -0.2) is 15.0 Å². The molecule has 0 aliphatic heterocycles. The van der Waals surface area contributed by atoms with E-state index in [1.807, 2.05) is 72.8 Å². The Hall–Kier alpha value is -5.87. The van der Waals surface area contributed by atoms with Gasteiger partial charge in [0.2, 0.25) is 0 Å². The topological polar surface area (TPSA) is 51.8 Å². The Morgan fingerprint density at radius 2 is 0.935 bits per heavy atom. The minimum Gasteiger partial charge on any atom is -0.456 e. The fourth-order valence-corrected chi connectivity index (χ4v) is 7.02. The van der Waals surface area contributed by atoms with Gasteiger partial charge in [0.25, 0.3) is 0 Å². The number of aromatic nitrogens is 3. The van der Waals surface area contributed by atoms with Gasteiger partial charge in [-0.1, -0.05) is 123 Å². The molecule has 46 heavy (non-hydrogen) atoms. The fraction of sp³-hybridized carbons (Fsp3) is 0.0714. The van der Waals surface area contributed by atoms with Crippen LogP contribution in [0.15, 0.2) is 144 Å². The summed E-state index contributed by atoms with van der Waals surface area (Å²) in [5.74, 6) is 1.91. The number of benzene rings is 6. The number of fused-ring (bicyclic) bond motifs is 6. The molecule has 2 heterocycles. The monoisotopic (exact) mass is 591 g/mol. The molecule has 2 aromatic heterocycles. The van der Waals surface area contributed by atoms with Gasteiger partial charge in [-0.05, 0) is 63.7 Å². The van der Waals surface area contributed by atoms with Gasteiger partial charge in [0.15, 0.2) is 17.5 Å². The zero-order valence-corrected chi connectivity index (χ0v) is 25.5. The van der Waals surface area contributed by atoms with Crippen LogP contribution in [0.3, 0.4) is 0 Å². The molecule has 9 rings (SSSR count).